The number of nitrogens with one attached hydrogen (secondary N) is 1. The van der Waals surface area contributed by atoms with Gasteiger partial charge in [-0.25, -0.2) is 13.2 Å². The molecule has 2 aromatic rings. The standard InChI is InChI=1S/C18H22N2O4S2/c21-18(22)15-13-14(19-26(23,24)17-7-6-12-25-17)8-9-16(15)20-10-4-2-1-3-5-11-20/h6-9,12-13,19H,1-5,10-11H2,(H,21,22). The van der Waals surface area contributed by atoms with Crippen LogP contribution >= 0.6 is 11.3 Å². The predicted molar refractivity (Wildman–Crippen MR) is 104 cm³/mol. The number of carboxylic acids is 1. The number of carboxylic acid groups (broad SMARTS) is 1. The topological polar surface area (TPSA) is 86.7 Å². The van der Waals surface area contributed by atoms with Crippen molar-refractivity contribution in [1.29, 1.82) is 0 Å². The van der Waals surface area contributed by atoms with Crippen molar-refractivity contribution in [2.45, 2.75) is 36.3 Å². The van der Waals surface area contributed by atoms with E-state index in [-0.39, 0.29) is 15.5 Å². The van der Waals surface area contributed by atoms with Crippen LogP contribution < -0.4 is 9.62 Å². The molecule has 0 radical (unpaired) electrons. The first-order valence-electron chi connectivity index (χ1n) is 8.66. The van der Waals surface area contributed by atoms with E-state index in [9.17, 15) is 18.3 Å². The van der Waals surface area contributed by atoms with Gasteiger partial charge in [-0.3, -0.25) is 4.72 Å². The number of nitrogens with zero attached hydrogens (tertiary/aromatic N) is 1. The Labute approximate surface area is 157 Å². The summed E-state index contributed by atoms with van der Waals surface area (Å²) in [7, 11) is -3.70. The van der Waals surface area contributed by atoms with E-state index in [1.54, 1.807) is 23.6 Å². The number of rotatable bonds is 5. The van der Waals surface area contributed by atoms with E-state index in [1.807, 2.05) is 0 Å². The van der Waals surface area contributed by atoms with Crippen LogP contribution in [0.1, 0.15) is 42.5 Å². The monoisotopic (exact) mass is 394 g/mol. The number of hydrogen-bond donors (Lipinski definition) is 2. The van der Waals surface area contributed by atoms with Crippen LogP contribution in [-0.2, 0) is 10.0 Å². The number of hydrogen-bond acceptors (Lipinski definition) is 5. The average Bonchev–Trinajstić information content (AvgIpc) is 3.10. The Bertz CT molecular complexity index is 855. The van der Waals surface area contributed by atoms with Gasteiger partial charge in [-0.2, -0.15) is 0 Å². The summed E-state index contributed by atoms with van der Waals surface area (Å²) in [6.07, 6.45) is 5.59. The molecule has 8 heteroatoms. The first kappa shape index (κ1) is 18.7. The molecule has 1 fully saturated rings. The van der Waals surface area contributed by atoms with E-state index in [2.05, 4.69) is 9.62 Å². The van der Waals surface area contributed by atoms with Gasteiger partial charge in [0.05, 0.1) is 11.3 Å². The third-order valence-corrected chi connectivity index (χ3v) is 7.21. The second-order valence-electron chi connectivity index (χ2n) is 6.33. The molecule has 0 atom stereocenters. The van der Waals surface area contributed by atoms with Gasteiger partial charge in [-0.15, -0.1) is 11.3 Å². The SMILES string of the molecule is O=C(O)c1cc(NS(=O)(=O)c2cccs2)ccc1N1CCCCCCC1. The fourth-order valence-corrected chi connectivity index (χ4v) is 5.20. The molecule has 140 valence electrons. The summed E-state index contributed by atoms with van der Waals surface area (Å²) < 4.78 is 27.4. The van der Waals surface area contributed by atoms with Crippen LogP contribution in [-0.4, -0.2) is 32.6 Å². The second kappa shape index (κ2) is 8.09. The number of thiophene rings is 1. The molecule has 6 nitrogen and oxygen atoms in total. The van der Waals surface area contributed by atoms with E-state index in [1.165, 1.54) is 18.6 Å². The van der Waals surface area contributed by atoms with E-state index in [4.69, 9.17) is 0 Å². The third-order valence-electron chi connectivity index (χ3n) is 4.44. The van der Waals surface area contributed by atoms with Crippen LogP contribution in [0.15, 0.2) is 39.9 Å². The lowest BCUT2D eigenvalue weighted by Gasteiger charge is -2.28. The molecule has 1 saturated heterocycles. The summed E-state index contributed by atoms with van der Waals surface area (Å²) in [6.45, 7) is 1.64. The molecule has 1 aromatic heterocycles. The lowest BCUT2D eigenvalue weighted by atomic mass is 10.1. The molecule has 2 heterocycles. The molecule has 1 aromatic carbocycles. The first-order chi connectivity index (χ1) is 12.5. The zero-order chi connectivity index (χ0) is 18.6. The molecule has 0 saturated carbocycles. The molecule has 0 amide bonds. The Kier molecular flexibility index (Phi) is 5.83. The zero-order valence-corrected chi connectivity index (χ0v) is 16.0. The van der Waals surface area contributed by atoms with Gasteiger partial charge < -0.3 is 10.0 Å². The quantitative estimate of drug-likeness (QED) is 0.800. The van der Waals surface area contributed by atoms with E-state index in [0.717, 1.165) is 50.1 Å². The molecule has 0 aliphatic carbocycles. The number of anilines is 2. The highest BCUT2D eigenvalue weighted by molar-refractivity contribution is 7.94. The lowest BCUT2D eigenvalue weighted by molar-refractivity contribution is 0.0697. The van der Waals surface area contributed by atoms with Crippen molar-refractivity contribution >= 4 is 38.7 Å². The van der Waals surface area contributed by atoms with Crippen LogP contribution in [0.3, 0.4) is 0 Å². The Morgan fingerprint density at radius 1 is 1.08 bits per heavy atom. The molecule has 1 aliphatic rings. The van der Waals surface area contributed by atoms with Crippen molar-refractivity contribution in [1.82, 2.24) is 0 Å². The zero-order valence-electron chi connectivity index (χ0n) is 14.3. The highest BCUT2D eigenvalue weighted by Crippen LogP contribution is 2.28. The molecule has 1 aliphatic heterocycles. The number of aromatic carboxylic acids is 1. The fraction of sp³-hybridized carbons (Fsp3) is 0.389. The number of benzene rings is 1. The van der Waals surface area contributed by atoms with E-state index < -0.39 is 16.0 Å². The third kappa shape index (κ3) is 4.37. The summed E-state index contributed by atoms with van der Waals surface area (Å²) in [5.41, 5.74) is 1.03. The predicted octanol–water partition coefficient (Wildman–Crippen LogP) is 4.02. The Morgan fingerprint density at radius 2 is 1.77 bits per heavy atom. The van der Waals surface area contributed by atoms with Gasteiger partial charge in [0, 0.05) is 18.8 Å². The van der Waals surface area contributed by atoms with Crippen LogP contribution in [0.2, 0.25) is 0 Å². The van der Waals surface area contributed by atoms with Crippen LogP contribution in [0.5, 0.6) is 0 Å². The van der Waals surface area contributed by atoms with Gasteiger partial charge in [0.15, 0.2) is 0 Å². The van der Waals surface area contributed by atoms with Crippen molar-refractivity contribution in [3.63, 3.8) is 0 Å². The van der Waals surface area contributed by atoms with Gasteiger partial charge >= 0.3 is 5.97 Å². The minimum atomic E-state index is -3.70. The molecule has 26 heavy (non-hydrogen) atoms. The largest absolute Gasteiger partial charge is 0.478 e. The summed E-state index contributed by atoms with van der Waals surface area (Å²) in [6, 6.07) is 7.91. The number of carbonyl (C=O) groups is 1. The van der Waals surface area contributed by atoms with Crippen LogP contribution in [0.4, 0.5) is 11.4 Å². The van der Waals surface area contributed by atoms with E-state index >= 15 is 0 Å². The minimum Gasteiger partial charge on any atom is -0.478 e. The maximum atomic E-state index is 12.4. The van der Waals surface area contributed by atoms with Crippen molar-refractivity contribution in [3.05, 3.63) is 41.3 Å². The highest BCUT2D eigenvalue weighted by atomic mass is 32.2. The number of sulfonamides is 1. The molecule has 3 rings (SSSR count). The maximum Gasteiger partial charge on any atom is 0.337 e. The van der Waals surface area contributed by atoms with Crippen molar-refractivity contribution in [3.8, 4) is 0 Å². The van der Waals surface area contributed by atoms with Crippen LogP contribution in [0, 0.1) is 0 Å². The first-order valence-corrected chi connectivity index (χ1v) is 11.0. The van der Waals surface area contributed by atoms with Crippen molar-refractivity contribution in [2.24, 2.45) is 0 Å². The molecule has 2 N–H and O–H groups in total. The van der Waals surface area contributed by atoms with Gasteiger partial charge in [-0.1, -0.05) is 25.3 Å². The Hall–Kier alpha value is -2.06. The van der Waals surface area contributed by atoms with Gasteiger partial charge in [-0.05, 0) is 42.5 Å². The molecule has 0 spiro atoms. The molecule has 0 bridgehead atoms. The second-order valence-corrected chi connectivity index (χ2v) is 9.19. The molecule has 0 unspecified atom stereocenters. The summed E-state index contributed by atoms with van der Waals surface area (Å²) in [5.74, 6) is -1.06. The lowest BCUT2D eigenvalue weighted by Crippen LogP contribution is -2.28. The normalized spacial score (nSPS) is 15.9. The van der Waals surface area contributed by atoms with Crippen molar-refractivity contribution in [2.75, 3.05) is 22.7 Å². The maximum absolute atomic E-state index is 12.4. The Balaban J connectivity index is 1.88. The molecular weight excluding hydrogens is 372 g/mol. The Morgan fingerprint density at radius 3 is 2.38 bits per heavy atom. The average molecular weight is 395 g/mol. The van der Waals surface area contributed by atoms with Gasteiger partial charge in [0.1, 0.15) is 4.21 Å². The van der Waals surface area contributed by atoms with Gasteiger partial charge in [0.25, 0.3) is 10.0 Å². The highest BCUT2D eigenvalue weighted by Gasteiger charge is 2.20. The summed E-state index contributed by atoms with van der Waals surface area (Å²) >= 11 is 1.11. The van der Waals surface area contributed by atoms with Crippen molar-refractivity contribution < 1.29 is 18.3 Å². The minimum absolute atomic E-state index is 0.122. The van der Waals surface area contributed by atoms with Gasteiger partial charge in [0.2, 0.25) is 0 Å². The fourth-order valence-electron chi connectivity index (χ4n) is 3.16. The molecular formula is C18H22N2O4S2. The summed E-state index contributed by atoms with van der Waals surface area (Å²) in [4.78, 5) is 13.9. The smallest absolute Gasteiger partial charge is 0.337 e. The van der Waals surface area contributed by atoms with E-state index in [0.29, 0.717) is 5.69 Å². The summed E-state index contributed by atoms with van der Waals surface area (Å²) in [5, 5.41) is 11.3. The van der Waals surface area contributed by atoms with Crippen LogP contribution in [0.25, 0.3) is 0 Å².